The zero-order valence-corrected chi connectivity index (χ0v) is 49.5. The molecule has 0 aromatic carbocycles. The summed E-state index contributed by atoms with van der Waals surface area (Å²) in [5, 5.41) is 216. The molecule has 0 aromatic heterocycles. The summed E-state index contributed by atoms with van der Waals surface area (Å²) in [7, 11) is 1.46. The van der Waals surface area contributed by atoms with Gasteiger partial charge in [-0.1, -0.05) is 99.0 Å². The van der Waals surface area contributed by atoms with Crippen LogP contribution in [0.3, 0.4) is 0 Å². The Kier molecular flexibility index (Phi) is 33.3. The van der Waals surface area contributed by atoms with Gasteiger partial charge in [0.2, 0.25) is 0 Å². The third kappa shape index (κ3) is 23.4. The van der Waals surface area contributed by atoms with E-state index in [0.29, 0.717) is 18.4 Å². The second-order valence-corrected chi connectivity index (χ2v) is 24.6. The first-order valence-corrected chi connectivity index (χ1v) is 29.7. The van der Waals surface area contributed by atoms with Crippen molar-refractivity contribution in [2.75, 3.05) is 13.6 Å². The molecule has 0 aromatic rings. The van der Waals surface area contributed by atoms with Crippen LogP contribution in [0, 0.1) is 29.6 Å². The third-order valence-corrected chi connectivity index (χ3v) is 17.0. The number of rotatable bonds is 40. The zero-order chi connectivity index (χ0) is 62.7. The van der Waals surface area contributed by atoms with E-state index < -0.39 is 183 Å². The molecule has 0 aliphatic carbocycles. The largest absolute Gasteiger partial charge is 0.507 e. The summed E-state index contributed by atoms with van der Waals surface area (Å²) >= 11 is 0. The van der Waals surface area contributed by atoms with Gasteiger partial charge in [0, 0.05) is 44.1 Å². The summed E-state index contributed by atoms with van der Waals surface area (Å²) in [4.78, 5) is 25.8. The van der Waals surface area contributed by atoms with Crippen molar-refractivity contribution in [3.63, 3.8) is 0 Å². The molecule has 2 aliphatic rings. The smallest absolute Gasteiger partial charge is 0.261 e. The molecule has 0 spiro atoms. The first kappa shape index (κ1) is 75.7. The molecule has 0 bridgehead atoms. The van der Waals surface area contributed by atoms with Crippen LogP contribution in [0.15, 0.2) is 23.0 Å². The van der Waals surface area contributed by atoms with Gasteiger partial charge in [-0.15, -0.1) is 0 Å². The Balaban J connectivity index is 1.83. The van der Waals surface area contributed by atoms with E-state index in [2.05, 4.69) is 6.92 Å². The first-order chi connectivity index (χ1) is 38.1. The standard InChI is InChI=1S/C58H107NO23/c1-9-10-11-12-13-14-15-16-17-35(60)27-58(81)56(79)55(78)53(76)46(82-58)26-44(69)52(75)54(77)51(74)43(68)24-38(63)22-36(61)21-37(62)23-39(64)32(5)49(72)33(6)40(65)25-41(66)34(7)50(73)42(67)20-30(3)18-29(2)19-31(4)48(71)47-45(70)28-59(8)57(47)80/h19,29-30,32-44,46,49-56,60-69,71-79,81H,9-18,20-28H2,1-8H3/b31-19-,48-47+/t29?,30?,32?,33?,34?,35-,36?,37?,38?,39?,40?,41?,42?,43?,44?,46-,49?,50?,51?,52?,53-,54?,55+,56+,58+/m1/s1. The van der Waals surface area contributed by atoms with E-state index in [1.54, 1.807) is 13.0 Å². The highest BCUT2D eigenvalue weighted by atomic mass is 16.7. The van der Waals surface area contributed by atoms with Crippen molar-refractivity contribution >= 4 is 11.7 Å². The monoisotopic (exact) mass is 1190 g/mol. The summed E-state index contributed by atoms with van der Waals surface area (Å²) in [6.07, 6.45) is -25.5. The number of carbonyl (C=O) groups excluding carboxylic acids is 2. The van der Waals surface area contributed by atoms with Crippen LogP contribution in [0.25, 0.3) is 0 Å². The average Bonchev–Trinajstić information content (AvgIpc) is 3.84. The van der Waals surface area contributed by atoms with Gasteiger partial charge in [0.05, 0.1) is 85.9 Å². The number of likely N-dealkylation sites (tertiary alicyclic amines) is 1. The van der Waals surface area contributed by atoms with Gasteiger partial charge in [0.25, 0.3) is 5.91 Å². The SMILES string of the molecule is CCCCCCCCCC[C@@H](O)C[C@]1(O)O[C@H](CC(O)C(O)C(O)C(O)C(O)CC(O)CC(O)CC(O)CC(O)C(C)C(O)C(C)C(O)CC(O)C(C)C(O)C(O)CC(C)CC(C)/C=C(C)\C(O)=C2\C(=O)CN(C)C2=O)[C@@H](O)[C@H](O)[C@@H]1O. The maximum atomic E-state index is 12.3. The van der Waals surface area contributed by atoms with Crippen LogP contribution in [0.2, 0.25) is 0 Å². The molecule has 19 unspecified atom stereocenters. The van der Waals surface area contributed by atoms with Gasteiger partial charge >= 0.3 is 0 Å². The second-order valence-electron chi connectivity index (χ2n) is 24.6. The first-order valence-electron chi connectivity index (χ1n) is 29.7. The molecule has 24 heteroatoms. The van der Waals surface area contributed by atoms with E-state index in [1.807, 2.05) is 13.8 Å². The highest BCUT2D eigenvalue weighted by molar-refractivity contribution is 6.25. The van der Waals surface area contributed by atoms with Gasteiger partial charge in [0.15, 0.2) is 11.6 Å². The van der Waals surface area contributed by atoms with Crippen LogP contribution in [0.5, 0.6) is 0 Å². The Morgan fingerprint density at radius 1 is 0.573 bits per heavy atom. The Labute approximate surface area is 483 Å². The van der Waals surface area contributed by atoms with Crippen LogP contribution in [-0.2, 0) is 14.3 Å². The fourth-order valence-corrected chi connectivity index (χ4v) is 11.4. The molecule has 2 saturated heterocycles. The number of nitrogens with zero attached hydrogens (tertiary/aromatic N) is 1. The number of hydrogen-bond acceptors (Lipinski definition) is 23. The van der Waals surface area contributed by atoms with Crippen LogP contribution in [0.4, 0.5) is 0 Å². The lowest BCUT2D eigenvalue weighted by atomic mass is 9.80. The molecule has 1 amide bonds. The highest BCUT2D eigenvalue weighted by Gasteiger charge is 2.54. The van der Waals surface area contributed by atoms with E-state index >= 15 is 0 Å². The number of ether oxygens (including phenoxy) is 1. The van der Waals surface area contributed by atoms with Gasteiger partial charge in [-0.05, 0) is 69.3 Å². The van der Waals surface area contributed by atoms with Gasteiger partial charge < -0.3 is 112 Å². The molecular formula is C58H107NO23. The topological polar surface area (TPSA) is 451 Å². The van der Waals surface area contributed by atoms with Crippen molar-refractivity contribution in [1.29, 1.82) is 0 Å². The number of ketones is 1. The summed E-state index contributed by atoms with van der Waals surface area (Å²) < 4.78 is 5.50. The molecule has 2 fully saturated rings. The van der Waals surface area contributed by atoms with E-state index in [0.717, 1.165) is 38.5 Å². The van der Waals surface area contributed by atoms with Crippen molar-refractivity contribution in [1.82, 2.24) is 4.90 Å². The molecule has 82 heavy (non-hydrogen) atoms. The number of amides is 1. The highest BCUT2D eigenvalue weighted by Crippen LogP contribution is 2.36. The summed E-state index contributed by atoms with van der Waals surface area (Å²) in [5.74, 6) is -7.23. The van der Waals surface area contributed by atoms with Gasteiger partial charge in [-0.3, -0.25) is 9.59 Å². The van der Waals surface area contributed by atoms with Crippen molar-refractivity contribution in [3.8, 4) is 0 Å². The fraction of sp³-hybridized carbons (Fsp3) is 0.897. The lowest BCUT2D eigenvalue weighted by Gasteiger charge is -2.47. The van der Waals surface area contributed by atoms with Crippen molar-refractivity contribution in [2.24, 2.45) is 29.6 Å². The molecule has 20 N–H and O–H groups in total. The van der Waals surface area contributed by atoms with E-state index in [1.165, 1.54) is 39.1 Å². The Bertz CT molecular complexity index is 1920. The minimum absolute atomic E-state index is 0.120. The molecule has 2 aliphatic heterocycles. The maximum Gasteiger partial charge on any atom is 0.261 e. The maximum absolute atomic E-state index is 12.3. The second kappa shape index (κ2) is 36.1. The Morgan fingerprint density at radius 2 is 1.04 bits per heavy atom. The van der Waals surface area contributed by atoms with Crippen LogP contribution in [-0.4, -0.2) is 254 Å². The van der Waals surface area contributed by atoms with Crippen molar-refractivity contribution in [3.05, 3.63) is 23.0 Å². The number of aliphatic hydroxyl groups is 20. The minimum atomic E-state index is -2.59. The normalized spacial score (nSPS) is 28.3. The number of aliphatic hydroxyl groups excluding tert-OH is 19. The zero-order valence-electron chi connectivity index (χ0n) is 49.5. The minimum Gasteiger partial charge on any atom is -0.507 e. The number of Topliss-reactive ketones (excluding diaryl/α,β-unsaturated/α-hetero) is 1. The Morgan fingerprint density at radius 3 is 1.56 bits per heavy atom. The molecule has 2 rings (SSSR count). The fourth-order valence-electron chi connectivity index (χ4n) is 11.4. The molecule has 482 valence electrons. The van der Waals surface area contributed by atoms with Gasteiger partial charge in [0.1, 0.15) is 48.0 Å². The number of allylic oxidation sites excluding steroid dienone is 2. The van der Waals surface area contributed by atoms with Crippen molar-refractivity contribution < 1.29 is 116 Å². The Hall–Kier alpha value is -2.38. The van der Waals surface area contributed by atoms with Crippen LogP contribution >= 0.6 is 0 Å². The van der Waals surface area contributed by atoms with Gasteiger partial charge in [-0.25, -0.2) is 0 Å². The molecule has 25 atom stereocenters. The van der Waals surface area contributed by atoms with E-state index in [-0.39, 0.29) is 55.4 Å². The van der Waals surface area contributed by atoms with Crippen LogP contribution in [0.1, 0.15) is 164 Å². The van der Waals surface area contributed by atoms with Gasteiger partial charge in [-0.2, -0.15) is 0 Å². The third-order valence-electron chi connectivity index (χ3n) is 17.0. The molecule has 0 radical (unpaired) electrons. The molecule has 0 saturated carbocycles. The number of likely N-dealkylation sites (N-methyl/N-ethyl adjacent to an activating group) is 1. The quantitative estimate of drug-likeness (QED) is 0.0145. The predicted octanol–water partition coefficient (Wildman–Crippen LogP) is -1.41. The summed E-state index contributed by atoms with van der Waals surface area (Å²) in [5.41, 5.74) is 0.0812. The van der Waals surface area contributed by atoms with Crippen LogP contribution < -0.4 is 0 Å². The predicted molar refractivity (Wildman–Crippen MR) is 299 cm³/mol. The van der Waals surface area contributed by atoms with E-state index in [4.69, 9.17) is 4.74 Å². The number of hydrogen-bond donors (Lipinski definition) is 20. The molecule has 2 heterocycles. The van der Waals surface area contributed by atoms with Crippen molar-refractivity contribution in [2.45, 2.75) is 286 Å². The molecule has 24 nitrogen and oxygen atoms in total. The molecular weight excluding hydrogens is 1080 g/mol. The summed E-state index contributed by atoms with van der Waals surface area (Å²) in [6, 6.07) is 0. The average molecular weight is 1190 g/mol. The van der Waals surface area contributed by atoms with E-state index in [9.17, 15) is 112 Å². The summed E-state index contributed by atoms with van der Waals surface area (Å²) in [6.45, 7) is 11.7. The lowest BCUT2D eigenvalue weighted by molar-refractivity contribution is -0.356. The lowest BCUT2D eigenvalue weighted by Crippen LogP contribution is -2.65. The number of unbranched alkanes of at least 4 members (excludes halogenated alkanes) is 7. The number of carbonyl (C=O) groups is 2.